The van der Waals surface area contributed by atoms with Crippen molar-refractivity contribution in [2.45, 2.75) is 25.0 Å². The Labute approximate surface area is 144 Å². The van der Waals surface area contributed by atoms with Crippen LogP contribution in [0.1, 0.15) is 18.9 Å². The first-order valence-corrected chi connectivity index (χ1v) is 8.06. The molecule has 1 aromatic carbocycles. The number of halogens is 1. The standard InChI is InChI=1S/C15H25N3S.HI/c1-13(19-3)12-18-15(16-2)17-11-7-10-14-8-5-4-6-9-14;/h4-6,8-9,13H,7,10-12H2,1-3H3,(H2,16,17,18);1H. The molecule has 114 valence electrons. The largest absolute Gasteiger partial charge is 0.356 e. The van der Waals surface area contributed by atoms with Crippen molar-refractivity contribution in [2.75, 3.05) is 26.4 Å². The van der Waals surface area contributed by atoms with Gasteiger partial charge in [-0.1, -0.05) is 37.3 Å². The Hall–Kier alpha value is -0.430. The molecule has 1 aromatic rings. The van der Waals surface area contributed by atoms with Gasteiger partial charge in [0.1, 0.15) is 0 Å². The predicted molar refractivity (Wildman–Crippen MR) is 103 cm³/mol. The Bertz CT molecular complexity index is 371. The first-order valence-electron chi connectivity index (χ1n) is 6.77. The van der Waals surface area contributed by atoms with E-state index < -0.39 is 0 Å². The lowest BCUT2D eigenvalue weighted by atomic mass is 10.1. The van der Waals surface area contributed by atoms with Crippen LogP contribution in [0.2, 0.25) is 0 Å². The number of hydrogen-bond acceptors (Lipinski definition) is 2. The second kappa shape index (κ2) is 12.3. The van der Waals surface area contributed by atoms with Crippen LogP contribution in [0.15, 0.2) is 35.3 Å². The Morgan fingerprint density at radius 2 is 1.95 bits per heavy atom. The number of aryl methyl sites for hydroxylation is 1. The molecule has 3 nitrogen and oxygen atoms in total. The van der Waals surface area contributed by atoms with Crippen LogP contribution in [0.5, 0.6) is 0 Å². The van der Waals surface area contributed by atoms with Crippen LogP contribution in [0.25, 0.3) is 0 Å². The van der Waals surface area contributed by atoms with Gasteiger partial charge in [-0.2, -0.15) is 11.8 Å². The summed E-state index contributed by atoms with van der Waals surface area (Å²) in [6, 6.07) is 10.6. The van der Waals surface area contributed by atoms with Crippen molar-refractivity contribution < 1.29 is 0 Å². The van der Waals surface area contributed by atoms with Crippen LogP contribution in [-0.2, 0) is 6.42 Å². The van der Waals surface area contributed by atoms with Gasteiger partial charge in [0.2, 0.25) is 0 Å². The Morgan fingerprint density at radius 1 is 1.25 bits per heavy atom. The zero-order valence-electron chi connectivity index (χ0n) is 12.6. The molecule has 0 aromatic heterocycles. The molecule has 0 amide bonds. The summed E-state index contributed by atoms with van der Waals surface area (Å²) in [6.45, 7) is 4.10. The summed E-state index contributed by atoms with van der Waals surface area (Å²) in [6.07, 6.45) is 4.34. The van der Waals surface area contributed by atoms with Gasteiger partial charge < -0.3 is 10.6 Å². The van der Waals surface area contributed by atoms with E-state index in [0.29, 0.717) is 5.25 Å². The first kappa shape index (κ1) is 19.6. The minimum atomic E-state index is 0. The summed E-state index contributed by atoms with van der Waals surface area (Å²) in [7, 11) is 1.82. The van der Waals surface area contributed by atoms with E-state index in [1.807, 2.05) is 18.8 Å². The molecule has 2 N–H and O–H groups in total. The summed E-state index contributed by atoms with van der Waals surface area (Å²) in [5, 5.41) is 7.29. The third-order valence-electron chi connectivity index (χ3n) is 2.96. The van der Waals surface area contributed by atoms with Gasteiger partial charge in [0, 0.05) is 25.4 Å². The van der Waals surface area contributed by atoms with E-state index >= 15 is 0 Å². The van der Waals surface area contributed by atoms with E-state index in [2.05, 4.69) is 59.1 Å². The molecule has 0 saturated heterocycles. The van der Waals surface area contributed by atoms with Gasteiger partial charge in [0.25, 0.3) is 0 Å². The van der Waals surface area contributed by atoms with E-state index in [0.717, 1.165) is 31.9 Å². The van der Waals surface area contributed by atoms with E-state index in [1.165, 1.54) is 5.56 Å². The van der Waals surface area contributed by atoms with Gasteiger partial charge in [-0.15, -0.1) is 24.0 Å². The molecule has 0 fully saturated rings. The maximum absolute atomic E-state index is 4.22. The summed E-state index contributed by atoms with van der Waals surface area (Å²) in [5.41, 5.74) is 1.39. The third kappa shape index (κ3) is 8.68. The summed E-state index contributed by atoms with van der Waals surface area (Å²) < 4.78 is 0. The van der Waals surface area contributed by atoms with Gasteiger partial charge in [0.05, 0.1) is 0 Å². The quantitative estimate of drug-likeness (QED) is 0.316. The molecule has 1 rings (SSSR count). The molecule has 0 aliphatic rings. The highest BCUT2D eigenvalue weighted by molar-refractivity contribution is 14.0. The number of benzene rings is 1. The van der Waals surface area contributed by atoms with Crippen molar-refractivity contribution >= 4 is 41.7 Å². The van der Waals surface area contributed by atoms with Crippen LogP contribution in [0.4, 0.5) is 0 Å². The molecule has 0 spiro atoms. The average molecular weight is 407 g/mol. The van der Waals surface area contributed by atoms with Gasteiger partial charge in [-0.05, 0) is 24.7 Å². The molecule has 20 heavy (non-hydrogen) atoms. The van der Waals surface area contributed by atoms with E-state index in [1.54, 1.807) is 0 Å². The number of aliphatic imine (C=N–C) groups is 1. The number of nitrogens with zero attached hydrogens (tertiary/aromatic N) is 1. The SMILES string of the molecule is CN=C(NCCCc1ccccc1)NCC(C)SC.I. The molecule has 1 atom stereocenters. The van der Waals surface area contributed by atoms with Crippen molar-refractivity contribution in [1.29, 1.82) is 0 Å². The molecule has 0 radical (unpaired) electrons. The van der Waals surface area contributed by atoms with Crippen molar-refractivity contribution in [3.63, 3.8) is 0 Å². The van der Waals surface area contributed by atoms with Crippen LogP contribution < -0.4 is 10.6 Å². The van der Waals surface area contributed by atoms with Crippen LogP contribution >= 0.6 is 35.7 Å². The second-order valence-electron chi connectivity index (χ2n) is 4.52. The van der Waals surface area contributed by atoms with Gasteiger partial charge in [-0.3, -0.25) is 4.99 Å². The fraction of sp³-hybridized carbons (Fsp3) is 0.533. The maximum atomic E-state index is 4.22. The highest BCUT2D eigenvalue weighted by atomic mass is 127. The van der Waals surface area contributed by atoms with Crippen LogP contribution in [0.3, 0.4) is 0 Å². The zero-order chi connectivity index (χ0) is 13.9. The van der Waals surface area contributed by atoms with E-state index in [-0.39, 0.29) is 24.0 Å². The van der Waals surface area contributed by atoms with Crippen LogP contribution in [-0.4, -0.2) is 37.6 Å². The summed E-state index contributed by atoms with van der Waals surface area (Å²) >= 11 is 1.86. The average Bonchev–Trinajstić information content (AvgIpc) is 2.47. The van der Waals surface area contributed by atoms with Crippen molar-refractivity contribution in [1.82, 2.24) is 10.6 Å². The molecule has 1 unspecified atom stereocenters. The van der Waals surface area contributed by atoms with Gasteiger partial charge in [-0.25, -0.2) is 0 Å². The lowest BCUT2D eigenvalue weighted by Gasteiger charge is -2.14. The smallest absolute Gasteiger partial charge is 0.191 e. The number of hydrogen-bond donors (Lipinski definition) is 2. The summed E-state index contributed by atoms with van der Waals surface area (Å²) in [5.74, 6) is 0.897. The number of thioether (sulfide) groups is 1. The normalized spacial score (nSPS) is 12.4. The molecule has 0 saturated carbocycles. The second-order valence-corrected chi connectivity index (χ2v) is 5.79. The number of guanidine groups is 1. The third-order valence-corrected chi connectivity index (χ3v) is 3.93. The number of rotatable bonds is 7. The van der Waals surface area contributed by atoms with E-state index in [4.69, 9.17) is 0 Å². The number of nitrogens with one attached hydrogen (secondary N) is 2. The van der Waals surface area contributed by atoms with Gasteiger partial charge >= 0.3 is 0 Å². The lowest BCUT2D eigenvalue weighted by molar-refractivity contribution is 0.738. The van der Waals surface area contributed by atoms with Crippen LogP contribution in [0, 0.1) is 0 Å². The molecular weight excluding hydrogens is 381 g/mol. The molecule has 0 heterocycles. The first-order chi connectivity index (χ1) is 9.26. The molecule has 0 aliphatic heterocycles. The molecule has 5 heteroatoms. The zero-order valence-corrected chi connectivity index (χ0v) is 15.7. The van der Waals surface area contributed by atoms with Gasteiger partial charge in [0.15, 0.2) is 5.96 Å². The maximum Gasteiger partial charge on any atom is 0.191 e. The predicted octanol–water partition coefficient (Wildman–Crippen LogP) is 3.15. The Kier molecular flexibility index (Phi) is 12.1. The fourth-order valence-corrected chi connectivity index (χ4v) is 1.94. The van der Waals surface area contributed by atoms with E-state index in [9.17, 15) is 0 Å². The monoisotopic (exact) mass is 407 g/mol. The minimum absolute atomic E-state index is 0. The fourth-order valence-electron chi connectivity index (χ4n) is 1.69. The summed E-state index contributed by atoms with van der Waals surface area (Å²) in [4.78, 5) is 4.22. The highest BCUT2D eigenvalue weighted by Crippen LogP contribution is 2.02. The highest BCUT2D eigenvalue weighted by Gasteiger charge is 2.01. The molecule has 0 bridgehead atoms. The Balaban J connectivity index is 0.00000361. The lowest BCUT2D eigenvalue weighted by Crippen LogP contribution is -2.40. The van der Waals surface area contributed by atoms with Crippen molar-refractivity contribution in [3.8, 4) is 0 Å². The topological polar surface area (TPSA) is 36.4 Å². The molecule has 0 aliphatic carbocycles. The minimum Gasteiger partial charge on any atom is -0.356 e. The molecular formula is C15H26IN3S. The Morgan fingerprint density at radius 3 is 2.55 bits per heavy atom. The van der Waals surface area contributed by atoms with Crippen molar-refractivity contribution in [3.05, 3.63) is 35.9 Å². The van der Waals surface area contributed by atoms with Crippen molar-refractivity contribution in [2.24, 2.45) is 4.99 Å².